The van der Waals surface area contributed by atoms with Gasteiger partial charge in [0.2, 0.25) is 10.0 Å². The van der Waals surface area contributed by atoms with Crippen molar-refractivity contribution in [3.63, 3.8) is 0 Å². The minimum atomic E-state index is -3.07. The second-order valence-electron chi connectivity index (χ2n) is 4.01. The zero-order valence-electron chi connectivity index (χ0n) is 10.8. The Hall–Kier alpha value is -0.130. The highest BCUT2D eigenvalue weighted by Crippen LogP contribution is 2.01. The zero-order chi connectivity index (χ0) is 12.4. The summed E-state index contributed by atoms with van der Waals surface area (Å²) in [6.07, 6.45) is 3.35. The highest BCUT2D eigenvalue weighted by molar-refractivity contribution is 7.89. The van der Waals surface area contributed by atoms with E-state index in [1.54, 1.807) is 0 Å². The molecule has 0 aromatic carbocycles. The standard InChI is InChI=1S/C11H26N2O2S/c1-4-11(5-2)13-16(14,15)10-8-7-9-12-6-3/h11-13H,4-10H2,1-3H3. The Morgan fingerprint density at radius 2 is 1.69 bits per heavy atom. The zero-order valence-corrected chi connectivity index (χ0v) is 11.6. The van der Waals surface area contributed by atoms with Crippen molar-refractivity contribution in [2.45, 2.75) is 52.5 Å². The first-order chi connectivity index (χ1) is 7.55. The number of rotatable bonds is 10. The second-order valence-corrected chi connectivity index (χ2v) is 5.88. The molecule has 2 N–H and O–H groups in total. The van der Waals surface area contributed by atoms with Crippen molar-refractivity contribution >= 4 is 10.0 Å². The maximum Gasteiger partial charge on any atom is 0.211 e. The summed E-state index contributed by atoms with van der Waals surface area (Å²) in [6.45, 7) is 7.89. The Bertz CT molecular complexity index is 249. The minimum Gasteiger partial charge on any atom is -0.317 e. The molecule has 0 aliphatic carbocycles. The van der Waals surface area contributed by atoms with Gasteiger partial charge in [0.25, 0.3) is 0 Å². The van der Waals surface area contributed by atoms with Crippen LogP contribution in [0.1, 0.15) is 46.5 Å². The predicted octanol–water partition coefficient (Wildman–Crippen LogP) is 1.48. The molecule has 5 heteroatoms. The fourth-order valence-electron chi connectivity index (χ4n) is 1.49. The Balaban J connectivity index is 3.78. The Labute approximate surface area is 100 Å². The van der Waals surface area contributed by atoms with Gasteiger partial charge >= 0.3 is 0 Å². The summed E-state index contributed by atoms with van der Waals surface area (Å²) in [5.41, 5.74) is 0. The van der Waals surface area contributed by atoms with Gasteiger partial charge in [-0.2, -0.15) is 0 Å². The van der Waals surface area contributed by atoms with Crippen LogP contribution in [0.5, 0.6) is 0 Å². The summed E-state index contributed by atoms with van der Waals surface area (Å²) in [5, 5.41) is 3.18. The van der Waals surface area contributed by atoms with E-state index in [4.69, 9.17) is 0 Å². The van der Waals surface area contributed by atoms with Gasteiger partial charge in [-0.05, 0) is 38.8 Å². The molecule has 0 saturated heterocycles. The molecule has 0 aromatic rings. The van der Waals surface area contributed by atoms with Gasteiger partial charge in [-0.15, -0.1) is 0 Å². The molecule has 0 spiro atoms. The highest BCUT2D eigenvalue weighted by atomic mass is 32.2. The van der Waals surface area contributed by atoms with Gasteiger partial charge in [-0.1, -0.05) is 20.8 Å². The first-order valence-corrected chi connectivity index (χ1v) is 7.91. The first kappa shape index (κ1) is 15.9. The Morgan fingerprint density at radius 1 is 1.06 bits per heavy atom. The third-order valence-corrected chi connectivity index (χ3v) is 4.12. The SMILES string of the molecule is CCNCCCCS(=O)(=O)NC(CC)CC. The molecule has 0 bridgehead atoms. The molecule has 0 fully saturated rings. The second kappa shape index (κ2) is 8.96. The Kier molecular flexibility index (Phi) is 8.89. The summed E-state index contributed by atoms with van der Waals surface area (Å²) in [7, 11) is -3.07. The van der Waals surface area contributed by atoms with Crippen LogP contribution < -0.4 is 10.0 Å². The lowest BCUT2D eigenvalue weighted by molar-refractivity contribution is 0.527. The number of unbranched alkanes of at least 4 members (excludes halogenated alkanes) is 1. The molecular formula is C11H26N2O2S. The smallest absolute Gasteiger partial charge is 0.211 e. The van der Waals surface area contributed by atoms with Gasteiger partial charge in [0.05, 0.1) is 5.75 Å². The molecule has 0 rings (SSSR count). The average molecular weight is 250 g/mol. The molecule has 16 heavy (non-hydrogen) atoms. The monoisotopic (exact) mass is 250 g/mol. The van der Waals surface area contributed by atoms with Crippen molar-refractivity contribution in [1.82, 2.24) is 10.0 Å². The van der Waals surface area contributed by atoms with Crippen LogP contribution in [-0.2, 0) is 10.0 Å². The van der Waals surface area contributed by atoms with E-state index in [1.165, 1.54) is 0 Å². The van der Waals surface area contributed by atoms with Crippen molar-refractivity contribution in [3.05, 3.63) is 0 Å². The number of sulfonamides is 1. The predicted molar refractivity (Wildman–Crippen MR) is 69.1 cm³/mol. The molecule has 0 unspecified atom stereocenters. The van der Waals surface area contributed by atoms with E-state index in [0.29, 0.717) is 0 Å². The summed E-state index contributed by atoms with van der Waals surface area (Å²) in [6, 6.07) is 0.0961. The van der Waals surface area contributed by atoms with Crippen LogP contribution in [0.3, 0.4) is 0 Å². The lowest BCUT2D eigenvalue weighted by Crippen LogP contribution is -2.35. The van der Waals surface area contributed by atoms with Crippen molar-refractivity contribution in [3.8, 4) is 0 Å². The largest absolute Gasteiger partial charge is 0.317 e. The quantitative estimate of drug-likeness (QED) is 0.577. The molecule has 0 atom stereocenters. The topological polar surface area (TPSA) is 58.2 Å². The molecule has 0 radical (unpaired) electrons. The summed E-state index contributed by atoms with van der Waals surface area (Å²) in [5.74, 6) is 0.245. The molecule has 0 aromatic heterocycles. The molecule has 0 heterocycles. The lowest BCUT2D eigenvalue weighted by Gasteiger charge is -2.14. The van der Waals surface area contributed by atoms with Crippen molar-refractivity contribution in [2.24, 2.45) is 0 Å². The molecule has 0 aliphatic rings. The number of hydrogen-bond donors (Lipinski definition) is 2. The van der Waals surface area contributed by atoms with Crippen molar-refractivity contribution in [2.75, 3.05) is 18.8 Å². The fourth-order valence-corrected chi connectivity index (χ4v) is 3.03. The van der Waals surface area contributed by atoms with Crippen LogP contribution in [0.25, 0.3) is 0 Å². The normalized spacial score (nSPS) is 12.2. The maximum atomic E-state index is 11.7. The fraction of sp³-hybridized carbons (Fsp3) is 1.00. The molecule has 0 amide bonds. The van der Waals surface area contributed by atoms with Crippen molar-refractivity contribution in [1.29, 1.82) is 0 Å². The first-order valence-electron chi connectivity index (χ1n) is 6.26. The van der Waals surface area contributed by atoms with E-state index in [-0.39, 0.29) is 11.8 Å². The third kappa shape index (κ3) is 8.07. The summed E-state index contributed by atoms with van der Waals surface area (Å²) >= 11 is 0. The van der Waals surface area contributed by atoms with Gasteiger partial charge in [0.15, 0.2) is 0 Å². The number of nitrogens with one attached hydrogen (secondary N) is 2. The average Bonchev–Trinajstić information content (AvgIpc) is 2.25. The van der Waals surface area contributed by atoms with Crippen LogP contribution >= 0.6 is 0 Å². The molecule has 0 saturated carbocycles. The third-order valence-electron chi connectivity index (χ3n) is 2.60. The van der Waals surface area contributed by atoms with Gasteiger partial charge in [-0.25, -0.2) is 13.1 Å². The van der Waals surface area contributed by atoms with Gasteiger partial charge in [-0.3, -0.25) is 0 Å². The molecule has 0 aliphatic heterocycles. The van der Waals surface area contributed by atoms with Crippen molar-refractivity contribution < 1.29 is 8.42 Å². The van der Waals surface area contributed by atoms with Gasteiger partial charge < -0.3 is 5.32 Å². The molecule has 4 nitrogen and oxygen atoms in total. The van der Waals surface area contributed by atoms with E-state index in [1.807, 2.05) is 20.8 Å². The van der Waals surface area contributed by atoms with Gasteiger partial charge in [0.1, 0.15) is 0 Å². The summed E-state index contributed by atoms with van der Waals surface area (Å²) in [4.78, 5) is 0. The van der Waals surface area contributed by atoms with E-state index < -0.39 is 10.0 Å². The number of hydrogen-bond acceptors (Lipinski definition) is 3. The van der Waals surface area contributed by atoms with Crippen LogP contribution in [0.4, 0.5) is 0 Å². The molecule has 98 valence electrons. The molecular weight excluding hydrogens is 224 g/mol. The van der Waals surface area contributed by atoms with E-state index in [0.717, 1.165) is 38.8 Å². The van der Waals surface area contributed by atoms with Crippen LogP contribution in [-0.4, -0.2) is 33.3 Å². The van der Waals surface area contributed by atoms with Gasteiger partial charge in [0, 0.05) is 6.04 Å². The maximum absolute atomic E-state index is 11.7. The highest BCUT2D eigenvalue weighted by Gasteiger charge is 2.14. The lowest BCUT2D eigenvalue weighted by atomic mass is 10.2. The van der Waals surface area contributed by atoms with Crippen LogP contribution in [0, 0.1) is 0 Å². The van der Waals surface area contributed by atoms with E-state index in [9.17, 15) is 8.42 Å². The minimum absolute atomic E-state index is 0.0961. The van der Waals surface area contributed by atoms with E-state index >= 15 is 0 Å². The van der Waals surface area contributed by atoms with Crippen LogP contribution in [0.15, 0.2) is 0 Å². The van der Waals surface area contributed by atoms with E-state index in [2.05, 4.69) is 10.0 Å². The Morgan fingerprint density at radius 3 is 2.19 bits per heavy atom. The summed E-state index contributed by atoms with van der Waals surface area (Å²) < 4.78 is 26.1. The van der Waals surface area contributed by atoms with Crippen LogP contribution in [0.2, 0.25) is 0 Å².